The fourth-order valence-corrected chi connectivity index (χ4v) is 1.33. The first-order valence-electron chi connectivity index (χ1n) is 5.79. The second-order valence-corrected chi connectivity index (χ2v) is 3.84. The van der Waals surface area contributed by atoms with Crippen molar-refractivity contribution in [3.05, 3.63) is 41.5 Å². The van der Waals surface area contributed by atoms with E-state index in [1.165, 1.54) is 11.1 Å². The zero-order valence-corrected chi connectivity index (χ0v) is 11.6. The summed E-state index contributed by atoms with van der Waals surface area (Å²) in [5.74, 6) is 0.941. The van der Waals surface area contributed by atoms with Gasteiger partial charge in [0.05, 0.1) is 0 Å². The first-order valence-corrected chi connectivity index (χ1v) is 5.79. The van der Waals surface area contributed by atoms with E-state index in [-0.39, 0.29) is 12.4 Å². The SMILES string of the molecule is CCNC/C=C/COc1ccc(C)c(C)c1.Cl. The third-order valence-corrected chi connectivity index (χ3v) is 2.50. The average Bonchev–Trinajstić information content (AvgIpc) is 2.28. The molecule has 0 aliphatic carbocycles. The molecule has 0 radical (unpaired) electrons. The summed E-state index contributed by atoms with van der Waals surface area (Å²) in [7, 11) is 0. The van der Waals surface area contributed by atoms with Gasteiger partial charge >= 0.3 is 0 Å². The number of hydrogen-bond donors (Lipinski definition) is 1. The molecule has 0 saturated heterocycles. The van der Waals surface area contributed by atoms with Crippen LogP contribution in [0.15, 0.2) is 30.4 Å². The molecular formula is C14H22ClNO. The number of halogens is 1. The Kier molecular flexibility index (Phi) is 8.55. The average molecular weight is 256 g/mol. The summed E-state index contributed by atoms with van der Waals surface area (Å²) in [6, 6.07) is 6.18. The van der Waals surface area contributed by atoms with Crippen LogP contribution in [0.4, 0.5) is 0 Å². The fraction of sp³-hybridized carbons (Fsp3) is 0.429. The van der Waals surface area contributed by atoms with Crippen LogP contribution in [0.25, 0.3) is 0 Å². The van der Waals surface area contributed by atoms with Crippen LogP contribution in [-0.4, -0.2) is 19.7 Å². The molecule has 3 heteroatoms. The van der Waals surface area contributed by atoms with Crippen LogP contribution in [-0.2, 0) is 0 Å². The highest BCUT2D eigenvalue weighted by molar-refractivity contribution is 5.85. The smallest absolute Gasteiger partial charge is 0.120 e. The van der Waals surface area contributed by atoms with E-state index < -0.39 is 0 Å². The van der Waals surface area contributed by atoms with Gasteiger partial charge in [-0.1, -0.05) is 25.1 Å². The molecular weight excluding hydrogens is 234 g/mol. The summed E-state index contributed by atoms with van der Waals surface area (Å²) < 4.78 is 5.61. The number of benzene rings is 1. The molecule has 0 saturated carbocycles. The minimum Gasteiger partial charge on any atom is -0.490 e. The van der Waals surface area contributed by atoms with E-state index in [0.717, 1.165) is 18.8 Å². The van der Waals surface area contributed by atoms with Crippen molar-refractivity contribution in [1.29, 1.82) is 0 Å². The zero-order valence-electron chi connectivity index (χ0n) is 10.8. The van der Waals surface area contributed by atoms with Crippen molar-refractivity contribution in [1.82, 2.24) is 5.32 Å². The second kappa shape index (κ2) is 9.08. The summed E-state index contributed by atoms with van der Waals surface area (Å²) in [5.41, 5.74) is 2.57. The maximum atomic E-state index is 5.61. The minimum absolute atomic E-state index is 0. The standard InChI is InChI=1S/C14H21NO.ClH/c1-4-15-9-5-6-10-16-14-8-7-12(2)13(3)11-14;/h5-8,11,15H,4,9-10H2,1-3H3;1H/b6-5+;. The Morgan fingerprint density at radius 1 is 1.18 bits per heavy atom. The number of hydrogen-bond acceptors (Lipinski definition) is 2. The molecule has 0 bridgehead atoms. The van der Waals surface area contributed by atoms with Crippen molar-refractivity contribution in [2.24, 2.45) is 0 Å². The Morgan fingerprint density at radius 3 is 2.59 bits per heavy atom. The molecule has 1 aromatic carbocycles. The maximum Gasteiger partial charge on any atom is 0.120 e. The van der Waals surface area contributed by atoms with Gasteiger partial charge in [-0.2, -0.15) is 0 Å². The number of rotatable bonds is 6. The normalized spacial score (nSPS) is 10.3. The highest BCUT2D eigenvalue weighted by Crippen LogP contribution is 2.16. The van der Waals surface area contributed by atoms with Crippen LogP contribution in [0.5, 0.6) is 5.75 Å². The lowest BCUT2D eigenvalue weighted by atomic mass is 10.1. The van der Waals surface area contributed by atoms with Crippen LogP contribution in [0.3, 0.4) is 0 Å². The summed E-state index contributed by atoms with van der Waals surface area (Å²) in [6.45, 7) is 8.85. The molecule has 0 heterocycles. The molecule has 0 unspecified atom stereocenters. The van der Waals surface area contributed by atoms with E-state index in [1.54, 1.807) is 0 Å². The van der Waals surface area contributed by atoms with Gasteiger partial charge in [-0.15, -0.1) is 12.4 Å². The van der Waals surface area contributed by atoms with Gasteiger partial charge in [-0.3, -0.25) is 0 Å². The van der Waals surface area contributed by atoms with Crippen LogP contribution in [0, 0.1) is 13.8 Å². The van der Waals surface area contributed by atoms with Crippen molar-refractivity contribution in [3.63, 3.8) is 0 Å². The molecule has 0 aromatic heterocycles. The van der Waals surface area contributed by atoms with Crippen LogP contribution in [0.2, 0.25) is 0 Å². The first kappa shape index (κ1) is 16.0. The van der Waals surface area contributed by atoms with Gasteiger partial charge in [-0.05, 0) is 43.7 Å². The van der Waals surface area contributed by atoms with Crippen molar-refractivity contribution < 1.29 is 4.74 Å². The van der Waals surface area contributed by atoms with Crippen molar-refractivity contribution in [2.75, 3.05) is 19.7 Å². The first-order chi connectivity index (χ1) is 7.74. The summed E-state index contributed by atoms with van der Waals surface area (Å²) in [4.78, 5) is 0. The number of nitrogens with one attached hydrogen (secondary N) is 1. The maximum absolute atomic E-state index is 5.61. The largest absolute Gasteiger partial charge is 0.490 e. The molecule has 0 fully saturated rings. The zero-order chi connectivity index (χ0) is 11.8. The summed E-state index contributed by atoms with van der Waals surface area (Å²) >= 11 is 0. The monoisotopic (exact) mass is 255 g/mol. The van der Waals surface area contributed by atoms with E-state index in [4.69, 9.17) is 4.74 Å². The van der Waals surface area contributed by atoms with Crippen LogP contribution in [0.1, 0.15) is 18.1 Å². The van der Waals surface area contributed by atoms with Gasteiger partial charge in [-0.25, -0.2) is 0 Å². The topological polar surface area (TPSA) is 21.3 Å². The molecule has 0 spiro atoms. The number of aryl methyl sites for hydroxylation is 2. The Morgan fingerprint density at radius 2 is 1.94 bits per heavy atom. The highest BCUT2D eigenvalue weighted by atomic mass is 35.5. The van der Waals surface area contributed by atoms with Crippen molar-refractivity contribution >= 4 is 12.4 Å². The van der Waals surface area contributed by atoms with Gasteiger partial charge in [0.2, 0.25) is 0 Å². The van der Waals surface area contributed by atoms with Gasteiger partial charge in [0, 0.05) is 6.54 Å². The van der Waals surface area contributed by atoms with Gasteiger partial charge < -0.3 is 10.1 Å². The number of ether oxygens (including phenoxy) is 1. The third-order valence-electron chi connectivity index (χ3n) is 2.50. The number of likely N-dealkylation sites (N-methyl/N-ethyl adjacent to an activating group) is 1. The lowest BCUT2D eigenvalue weighted by Crippen LogP contribution is -2.11. The summed E-state index contributed by atoms with van der Waals surface area (Å²) in [5, 5.41) is 3.22. The molecule has 2 nitrogen and oxygen atoms in total. The fourth-order valence-electron chi connectivity index (χ4n) is 1.33. The summed E-state index contributed by atoms with van der Waals surface area (Å²) in [6.07, 6.45) is 4.13. The Hall–Kier alpha value is -0.990. The molecule has 1 aromatic rings. The lowest BCUT2D eigenvalue weighted by Gasteiger charge is -2.05. The molecule has 0 atom stereocenters. The lowest BCUT2D eigenvalue weighted by molar-refractivity contribution is 0.362. The predicted molar refractivity (Wildman–Crippen MR) is 76.3 cm³/mol. The predicted octanol–water partition coefficient (Wildman–Crippen LogP) is 3.27. The Balaban J connectivity index is 0.00000256. The van der Waals surface area contributed by atoms with Crippen LogP contribution >= 0.6 is 12.4 Å². The Bertz CT molecular complexity index is 350. The molecule has 0 aliphatic rings. The van der Waals surface area contributed by atoms with Crippen LogP contribution < -0.4 is 10.1 Å². The molecule has 0 aliphatic heterocycles. The molecule has 17 heavy (non-hydrogen) atoms. The van der Waals surface area contributed by atoms with E-state index in [1.807, 2.05) is 12.1 Å². The molecule has 0 amide bonds. The van der Waals surface area contributed by atoms with E-state index in [2.05, 4.69) is 44.3 Å². The molecule has 96 valence electrons. The molecule has 1 N–H and O–H groups in total. The Labute approximate surface area is 110 Å². The van der Waals surface area contributed by atoms with Gasteiger partial charge in [0.25, 0.3) is 0 Å². The van der Waals surface area contributed by atoms with Gasteiger partial charge in [0.15, 0.2) is 0 Å². The second-order valence-electron chi connectivity index (χ2n) is 3.84. The van der Waals surface area contributed by atoms with E-state index in [0.29, 0.717) is 6.61 Å². The van der Waals surface area contributed by atoms with Crippen molar-refractivity contribution in [3.8, 4) is 5.75 Å². The highest BCUT2D eigenvalue weighted by Gasteiger charge is 1.95. The third kappa shape index (κ3) is 6.35. The quantitative estimate of drug-likeness (QED) is 0.622. The molecule has 1 rings (SSSR count). The van der Waals surface area contributed by atoms with Gasteiger partial charge in [0.1, 0.15) is 12.4 Å². The van der Waals surface area contributed by atoms with E-state index >= 15 is 0 Å². The minimum atomic E-state index is 0. The van der Waals surface area contributed by atoms with Crippen molar-refractivity contribution in [2.45, 2.75) is 20.8 Å². The van der Waals surface area contributed by atoms with E-state index in [9.17, 15) is 0 Å².